The van der Waals surface area contributed by atoms with Gasteiger partial charge in [-0.2, -0.15) is 5.10 Å². The average molecular weight is 275 g/mol. The summed E-state index contributed by atoms with van der Waals surface area (Å²) in [6.07, 6.45) is 0. The zero-order valence-electron chi connectivity index (χ0n) is 12.6. The number of nitrogens with two attached hydrogens (primary N) is 1. The van der Waals surface area contributed by atoms with Gasteiger partial charge in [-0.3, -0.25) is 5.10 Å². The number of ether oxygens (including phenoxy) is 2. The van der Waals surface area contributed by atoms with Crippen molar-refractivity contribution in [1.82, 2.24) is 10.2 Å². The molecule has 108 valence electrons. The summed E-state index contributed by atoms with van der Waals surface area (Å²) in [6, 6.07) is 5.73. The van der Waals surface area contributed by atoms with E-state index in [0.29, 0.717) is 5.82 Å². The van der Waals surface area contributed by atoms with Gasteiger partial charge >= 0.3 is 0 Å². The van der Waals surface area contributed by atoms with Crippen molar-refractivity contribution >= 4 is 5.82 Å². The van der Waals surface area contributed by atoms with Crippen LogP contribution in [0.2, 0.25) is 0 Å². The standard InChI is InChI=1S/C15H21N3O2/c1-15(2,3)10-7-12(19-4)9(6-13(10)20-5)11-8-14(16)18-17-11/h6-8H,1-5H3,(H3,16,17,18). The van der Waals surface area contributed by atoms with E-state index < -0.39 is 0 Å². The first kappa shape index (κ1) is 14.2. The van der Waals surface area contributed by atoms with Crippen molar-refractivity contribution in [3.63, 3.8) is 0 Å². The number of rotatable bonds is 3. The Morgan fingerprint density at radius 3 is 2.15 bits per heavy atom. The second kappa shape index (κ2) is 5.07. The number of hydrogen-bond donors (Lipinski definition) is 2. The van der Waals surface area contributed by atoms with Crippen LogP contribution in [0.4, 0.5) is 5.82 Å². The molecule has 0 amide bonds. The Hall–Kier alpha value is -2.17. The van der Waals surface area contributed by atoms with Crippen LogP contribution >= 0.6 is 0 Å². The summed E-state index contributed by atoms with van der Waals surface area (Å²) in [6.45, 7) is 6.41. The highest BCUT2D eigenvalue weighted by atomic mass is 16.5. The summed E-state index contributed by atoms with van der Waals surface area (Å²) in [5, 5.41) is 6.85. The molecular formula is C15H21N3O2. The molecule has 0 aliphatic carbocycles. The molecule has 0 radical (unpaired) electrons. The molecule has 20 heavy (non-hydrogen) atoms. The summed E-state index contributed by atoms with van der Waals surface area (Å²) in [4.78, 5) is 0. The Balaban J connectivity index is 2.64. The van der Waals surface area contributed by atoms with Gasteiger partial charge in [-0.1, -0.05) is 20.8 Å². The minimum absolute atomic E-state index is 0.0375. The Morgan fingerprint density at radius 1 is 1.05 bits per heavy atom. The van der Waals surface area contributed by atoms with Crippen LogP contribution in [0.25, 0.3) is 11.3 Å². The van der Waals surface area contributed by atoms with E-state index in [4.69, 9.17) is 15.2 Å². The highest BCUT2D eigenvalue weighted by Gasteiger charge is 2.22. The van der Waals surface area contributed by atoms with Gasteiger partial charge in [0.25, 0.3) is 0 Å². The lowest BCUT2D eigenvalue weighted by atomic mass is 9.85. The quantitative estimate of drug-likeness (QED) is 0.903. The van der Waals surface area contributed by atoms with E-state index in [1.807, 2.05) is 12.1 Å². The van der Waals surface area contributed by atoms with E-state index >= 15 is 0 Å². The van der Waals surface area contributed by atoms with Crippen LogP contribution in [-0.4, -0.2) is 24.4 Å². The van der Waals surface area contributed by atoms with Crippen molar-refractivity contribution in [2.75, 3.05) is 20.0 Å². The first-order valence-corrected chi connectivity index (χ1v) is 6.44. The normalized spacial score (nSPS) is 11.4. The summed E-state index contributed by atoms with van der Waals surface area (Å²) in [5.74, 6) is 2.03. The molecule has 0 saturated carbocycles. The van der Waals surface area contributed by atoms with Crippen LogP contribution in [-0.2, 0) is 5.41 Å². The maximum atomic E-state index is 5.66. The number of aromatic nitrogens is 2. The zero-order valence-corrected chi connectivity index (χ0v) is 12.6. The molecular weight excluding hydrogens is 254 g/mol. The van der Waals surface area contributed by atoms with Crippen LogP contribution < -0.4 is 15.2 Å². The van der Waals surface area contributed by atoms with Crippen LogP contribution in [0.15, 0.2) is 18.2 Å². The SMILES string of the molecule is COc1cc(C(C)(C)C)c(OC)cc1-c1cc(N)n[nH]1. The van der Waals surface area contributed by atoms with Gasteiger partial charge in [0.05, 0.1) is 19.9 Å². The number of nitrogen functional groups attached to an aromatic ring is 1. The Morgan fingerprint density at radius 2 is 1.70 bits per heavy atom. The number of aromatic amines is 1. The highest BCUT2D eigenvalue weighted by Crippen LogP contribution is 2.40. The van der Waals surface area contributed by atoms with Gasteiger partial charge in [-0.15, -0.1) is 0 Å². The number of nitrogens with zero attached hydrogens (tertiary/aromatic N) is 1. The molecule has 5 nitrogen and oxygen atoms in total. The molecule has 1 heterocycles. The Kier molecular flexibility index (Phi) is 3.61. The molecule has 0 aliphatic heterocycles. The molecule has 0 spiro atoms. The van der Waals surface area contributed by atoms with E-state index in [2.05, 4.69) is 31.0 Å². The molecule has 0 fully saturated rings. The lowest BCUT2D eigenvalue weighted by molar-refractivity contribution is 0.389. The molecule has 3 N–H and O–H groups in total. The topological polar surface area (TPSA) is 73.2 Å². The zero-order chi connectivity index (χ0) is 14.9. The van der Waals surface area contributed by atoms with Crippen molar-refractivity contribution in [2.45, 2.75) is 26.2 Å². The third-order valence-electron chi connectivity index (χ3n) is 3.22. The fourth-order valence-corrected chi connectivity index (χ4v) is 2.17. The second-order valence-electron chi connectivity index (χ2n) is 5.71. The van der Waals surface area contributed by atoms with Gasteiger partial charge in [0.1, 0.15) is 17.3 Å². The van der Waals surface area contributed by atoms with E-state index in [0.717, 1.165) is 28.3 Å². The summed E-state index contributed by atoms with van der Waals surface area (Å²) in [5.41, 5.74) is 8.40. The molecule has 0 unspecified atom stereocenters. The van der Waals surface area contributed by atoms with Crippen molar-refractivity contribution < 1.29 is 9.47 Å². The predicted molar refractivity (Wildman–Crippen MR) is 80.2 cm³/mol. The van der Waals surface area contributed by atoms with Crippen molar-refractivity contribution in [3.8, 4) is 22.8 Å². The van der Waals surface area contributed by atoms with Crippen LogP contribution in [0.3, 0.4) is 0 Å². The number of H-pyrrole nitrogens is 1. The molecule has 0 aliphatic rings. The lowest BCUT2D eigenvalue weighted by Crippen LogP contribution is -2.13. The van der Waals surface area contributed by atoms with Gasteiger partial charge in [0.15, 0.2) is 0 Å². The van der Waals surface area contributed by atoms with Crippen LogP contribution in [0, 0.1) is 0 Å². The average Bonchev–Trinajstić information content (AvgIpc) is 2.82. The predicted octanol–water partition coefficient (Wildman–Crippen LogP) is 2.97. The van der Waals surface area contributed by atoms with E-state index in [-0.39, 0.29) is 5.41 Å². The minimum Gasteiger partial charge on any atom is -0.496 e. The summed E-state index contributed by atoms with van der Waals surface area (Å²) < 4.78 is 11.0. The van der Waals surface area contributed by atoms with Crippen molar-refractivity contribution in [3.05, 3.63) is 23.8 Å². The van der Waals surface area contributed by atoms with E-state index in [1.54, 1.807) is 20.3 Å². The monoisotopic (exact) mass is 275 g/mol. The molecule has 1 aromatic heterocycles. The third-order valence-corrected chi connectivity index (χ3v) is 3.22. The molecule has 0 bridgehead atoms. The third kappa shape index (κ3) is 2.57. The smallest absolute Gasteiger partial charge is 0.145 e. The molecule has 2 aromatic rings. The molecule has 0 saturated heterocycles. The number of nitrogens with one attached hydrogen (secondary N) is 1. The summed E-state index contributed by atoms with van der Waals surface area (Å²) in [7, 11) is 3.32. The molecule has 5 heteroatoms. The molecule has 1 aromatic carbocycles. The molecule has 2 rings (SSSR count). The van der Waals surface area contributed by atoms with Gasteiger partial charge < -0.3 is 15.2 Å². The van der Waals surface area contributed by atoms with Crippen LogP contribution in [0.5, 0.6) is 11.5 Å². The van der Waals surface area contributed by atoms with Crippen molar-refractivity contribution in [1.29, 1.82) is 0 Å². The Labute approximate surface area is 119 Å². The number of anilines is 1. The number of methoxy groups -OCH3 is 2. The Bertz CT molecular complexity index is 612. The minimum atomic E-state index is -0.0375. The van der Waals surface area contributed by atoms with E-state index in [1.165, 1.54) is 0 Å². The maximum Gasteiger partial charge on any atom is 0.145 e. The first-order valence-electron chi connectivity index (χ1n) is 6.44. The van der Waals surface area contributed by atoms with E-state index in [9.17, 15) is 0 Å². The number of benzene rings is 1. The maximum absolute atomic E-state index is 5.66. The highest BCUT2D eigenvalue weighted by molar-refractivity contribution is 5.72. The second-order valence-corrected chi connectivity index (χ2v) is 5.71. The first-order chi connectivity index (χ1) is 9.36. The summed E-state index contributed by atoms with van der Waals surface area (Å²) >= 11 is 0. The van der Waals surface area contributed by atoms with Gasteiger partial charge in [-0.05, 0) is 17.5 Å². The largest absolute Gasteiger partial charge is 0.496 e. The van der Waals surface area contributed by atoms with Gasteiger partial charge in [0.2, 0.25) is 0 Å². The van der Waals surface area contributed by atoms with Crippen LogP contribution in [0.1, 0.15) is 26.3 Å². The fraction of sp³-hybridized carbons (Fsp3) is 0.400. The van der Waals surface area contributed by atoms with Gasteiger partial charge in [0, 0.05) is 17.2 Å². The van der Waals surface area contributed by atoms with Crippen molar-refractivity contribution in [2.24, 2.45) is 0 Å². The fourth-order valence-electron chi connectivity index (χ4n) is 2.17. The number of hydrogen-bond acceptors (Lipinski definition) is 4. The van der Waals surface area contributed by atoms with Gasteiger partial charge in [-0.25, -0.2) is 0 Å². The lowest BCUT2D eigenvalue weighted by Gasteiger charge is -2.24. The molecule has 0 atom stereocenters.